The number of hydrogen-bond acceptors (Lipinski definition) is 0. The minimum absolute atomic E-state index is 0.230. The Hall–Kier alpha value is 0.278. The Labute approximate surface area is 131 Å². The normalized spacial score (nSPS) is 8.12. The van der Waals surface area contributed by atoms with Crippen LogP contribution in [0, 0.1) is 0 Å². The van der Waals surface area contributed by atoms with Crippen molar-refractivity contribution < 1.29 is 0 Å². The third kappa shape index (κ3) is 12.5. The van der Waals surface area contributed by atoms with Crippen LogP contribution in [0.3, 0.4) is 0 Å². The van der Waals surface area contributed by atoms with E-state index in [9.17, 15) is 0 Å². The maximum atomic E-state index is 2.90. The van der Waals surface area contributed by atoms with Gasteiger partial charge in [0.1, 0.15) is 0 Å². The van der Waals surface area contributed by atoms with Crippen molar-refractivity contribution in [1.82, 2.24) is 0 Å². The van der Waals surface area contributed by atoms with Crippen molar-refractivity contribution >= 4 is 62.1 Å². The molecule has 0 saturated carbocycles. The van der Waals surface area contributed by atoms with E-state index in [0.29, 0.717) is 0 Å². The molecule has 4 radical (unpaired) electrons. The van der Waals surface area contributed by atoms with Crippen molar-refractivity contribution in [1.29, 1.82) is 0 Å². The van der Waals surface area contributed by atoms with Gasteiger partial charge in [0.15, 0.2) is 0 Å². The summed E-state index contributed by atoms with van der Waals surface area (Å²) >= 11 is 6.03. The predicted molar refractivity (Wildman–Crippen MR) is 81.1 cm³/mol. The van der Waals surface area contributed by atoms with Crippen molar-refractivity contribution in [2.75, 3.05) is 0 Å². The summed E-state index contributed by atoms with van der Waals surface area (Å²) in [6.45, 7) is 0. The van der Waals surface area contributed by atoms with Crippen molar-refractivity contribution in [2.45, 2.75) is 9.88 Å². The summed E-state index contributed by atoms with van der Waals surface area (Å²) in [5.41, 5.74) is 0. The minimum atomic E-state index is 0.230. The van der Waals surface area contributed by atoms with Crippen LogP contribution in [0.15, 0.2) is 60.7 Å². The van der Waals surface area contributed by atoms with E-state index in [1.807, 2.05) is 60.7 Å². The molecule has 2 aromatic rings. The van der Waals surface area contributed by atoms with Crippen LogP contribution in [0.4, 0.5) is 0 Å². The molecule has 0 unspecified atom stereocenters. The Bertz CT molecular complexity index is 325. The van der Waals surface area contributed by atoms with Crippen molar-refractivity contribution in [3.8, 4) is 0 Å². The fraction of sp³-hybridized carbons (Fsp3) is 0.143. The summed E-state index contributed by atoms with van der Waals surface area (Å²) in [5, 5.41) is 0. The molecule has 3 heteroatoms. The van der Waals surface area contributed by atoms with E-state index < -0.39 is 0 Å². The van der Waals surface area contributed by atoms with Gasteiger partial charge in [0, 0.05) is 0 Å². The van der Waals surface area contributed by atoms with Crippen molar-refractivity contribution in [3.05, 3.63) is 60.7 Å². The quantitative estimate of drug-likeness (QED) is 0.526. The molecule has 2 aromatic carbocycles. The van der Waals surface area contributed by atoms with Gasteiger partial charge in [0.2, 0.25) is 0 Å². The zero-order chi connectivity index (χ0) is 12.9. The summed E-state index contributed by atoms with van der Waals surface area (Å²) in [6, 6.07) is 20.1. The number of benzene rings is 2. The topological polar surface area (TPSA) is 0 Å². The first kappa shape index (κ1) is 17.3. The molecule has 0 saturated heterocycles. The zero-order valence-electron chi connectivity index (χ0n) is 10.1. The molecule has 88 valence electrons. The van der Waals surface area contributed by atoms with E-state index >= 15 is 0 Å². The summed E-state index contributed by atoms with van der Waals surface area (Å²) < 4.78 is 2.39. The molecule has 0 amide bonds. The number of rotatable bonds is 0. The Kier molecular flexibility index (Phi) is 12.9. The van der Waals surface area contributed by atoms with Crippen LogP contribution in [0.25, 0.3) is 0 Å². The molecule has 0 aromatic heterocycles. The molecule has 0 spiro atoms. The van der Waals surface area contributed by atoms with Crippen molar-refractivity contribution in [2.24, 2.45) is 0 Å². The molecule has 2 rings (SSSR count). The molecular weight excluding hydrogens is 445 g/mol. The van der Waals surface area contributed by atoms with E-state index in [2.05, 4.69) is 41.9 Å². The van der Waals surface area contributed by atoms with E-state index in [4.69, 9.17) is 0 Å². The van der Waals surface area contributed by atoms with Crippen LogP contribution in [0.2, 0.25) is 9.88 Å². The SMILES string of the molecule is [CH3][Sn][CH3].[Se]c1ccccc1.[Se]c1ccccc1. The monoisotopic (exact) mass is 464 g/mol. The first-order valence-corrected chi connectivity index (χ1v) is 12.7. The van der Waals surface area contributed by atoms with Gasteiger partial charge in [0.25, 0.3) is 0 Å². The molecule has 0 aliphatic carbocycles. The first-order chi connectivity index (χ1) is 8.20. The second-order valence-electron chi connectivity index (χ2n) is 3.13. The van der Waals surface area contributed by atoms with E-state index in [0.717, 1.165) is 0 Å². The third-order valence-corrected chi connectivity index (χ3v) is 2.63. The first-order valence-electron chi connectivity index (χ1n) is 5.23. The Morgan fingerprint density at radius 2 is 0.882 bits per heavy atom. The fourth-order valence-electron chi connectivity index (χ4n) is 0.841. The van der Waals surface area contributed by atoms with Gasteiger partial charge in [-0.1, -0.05) is 0 Å². The van der Waals surface area contributed by atoms with Crippen LogP contribution in [-0.4, -0.2) is 53.2 Å². The van der Waals surface area contributed by atoms with Crippen LogP contribution in [0.1, 0.15) is 0 Å². The molecule has 0 N–H and O–H groups in total. The standard InChI is InChI=1S/2C6H5Se.2CH3.Sn/c2*7-6-4-2-1-3-5-6;;;/h2*1-5H;2*1H3;. The van der Waals surface area contributed by atoms with Crippen LogP contribution in [-0.2, 0) is 0 Å². The van der Waals surface area contributed by atoms with Crippen molar-refractivity contribution in [3.63, 3.8) is 0 Å². The average Bonchev–Trinajstić information content (AvgIpc) is 2.33. The summed E-state index contributed by atoms with van der Waals surface area (Å²) in [7, 11) is 0. The summed E-state index contributed by atoms with van der Waals surface area (Å²) in [5.74, 6) is 0. The third-order valence-electron chi connectivity index (χ3n) is 1.49. The van der Waals surface area contributed by atoms with Gasteiger partial charge in [-0.15, -0.1) is 0 Å². The zero-order valence-corrected chi connectivity index (χ0v) is 16.4. The Balaban J connectivity index is 0.000000247. The molecule has 0 nitrogen and oxygen atoms in total. The van der Waals surface area contributed by atoms with E-state index in [1.165, 1.54) is 8.92 Å². The van der Waals surface area contributed by atoms with Gasteiger partial charge in [-0.2, -0.15) is 0 Å². The van der Waals surface area contributed by atoms with Gasteiger partial charge in [0.05, 0.1) is 0 Å². The van der Waals surface area contributed by atoms with Crippen LogP contribution < -0.4 is 8.92 Å². The van der Waals surface area contributed by atoms with Gasteiger partial charge < -0.3 is 0 Å². The molecule has 0 aliphatic heterocycles. The Morgan fingerprint density at radius 3 is 1.00 bits per heavy atom. The molecule has 0 atom stereocenters. The summed E-state index contributed by atoms with van der Waals surface area (Å²) in [4.78, 5) is 4.59. The fourth-order valence-corrected chi connectivity index (χ4v) is 1.50. The van der Waals surface area contributed by atoms with Gasteiger partial charge in [-0.25, -0.2) is 0 Å². The summed E-state index contributed by atoms with van der Waals surface area (Å²) in [6.07, 6.45) is 0. The number of hydrogen-bond donors (Lipinski definition) is 0. The second kappa shape index (κ2) is 12.7. The second-order valence-corrected chi connectivity index (χ2v) is 7.96. The van der Waals surface area contributed by atoms with Crippen LogP contribution >= 0.6 is 0 Å². The van der Waals surface area contributed by atoms with E-state index in [-0.39, 0.29) is 21.1 Å². The molecule has 0 bridgehead atoms. The molecule has 0 aliphatic rings. The van der Waals surface area contributed by atoms with Gasteiger partial charge in [-0.05, 0) is 0 Å². The predicted octanol–water partition coefficient (Wildman–Crippen LogP) is 1.75. The molecular formula is C14H16Se2Sn. The van der Waals surface area contributed by atoms with E-state index in [1.54, 1.807) is 0 Å². The van der Waals surface area contributed by atoms with Crippen LogP contribution in [0.5, 0.6) is 0 Å². The Morgan fingerprint density at radius 1 is 0.647 bits per heavy atom. The average molecular weight is 461 g/mol. The molecule has 0 heterocycles. The molecule has 17 heavy (non-hydrogen) atoms. The molecule has 0 fully saturated rings. The maximum absolute atomic E-state index is 2.90. The van der Waals surface area contributed by atoms with Gasteiger partial charge in [-0.3, -0.25) is 0 Å². The van der Waals surface area contributed by atoms with Gasteiger partial charge >= 0.3 is 133 Å².